The van der Waals surface area contributed by atoms with E-state index in [0.717, 1.165) is 35.0 Å². The second kappa shape index (κ2) is 9.91. The van der Waals surface area contributed by atoms with Crippen molar-refractivity contribution in [2.45, 2.75) is 41.2 Å². The third-order valence-corrected chi connectivity index (χ3v) is 7.20. The first kappa shape index (κ1) is 22.2. The molecule has 2 N–H and O–H groups in total. The summed E-state index contributed by atoms with van der Waals surface area (Å²) in [6.45, 7) is 4.01. The fraction of sp³-hybridized carbons (Fsp3) is 0.400. The molecule has 10 nitrogen and oxygen atoms in total. The lowest BCUT2D eigenvalue weighted by molar-refractivity contribution is -0.384. The molecular formula is C15H19N5O5S3. The van der Waals surface area contributed by atoms with Gasteiger partial charge in [0.05, 0.1) is 9.82 Å². The molecule has 28 heavy (non-hydrogen) atoms. The van der Waals surface area contributed by atoms with Crippen molar-refractivity contribution in [3.63, 3.8) is 0 Å². The number of amides is 1. The van der Waals surface area contributed by atoms with Crippen molar-refractivity contribution in [1.29, 1.82) is 0 Å². The first-order chi connectivity index (χ1) is 13.2. The van der Waals surface area contributed by atoms with Crippen molar-refractivity contribution in [3.8, 4) is 0 Å². The predicted molar refractivity (Wildman–Crippen MR) is 107 cm³/mol. The van der Waals surface area contributed by atoms with E-state index in [0.29, 0.717) is 10.4 Å². The van der Waals surface area contributed by atoms with Gasteiger partial charge < -0.3 is 5.32 Å². The van der Waals surface area contributed by atoms with Crippen LogP contribution in [0.4, 0.5) is 10.8 Å². The topological polar surface area (TPSA) is 144 Å². The van der Waals surface area contributed by atoms with Gasteiger partial charge in [0.1, 0.15) is 0 Å². The van der Waals surface area contributed by atoms with Crippen LogP contribution in [0.1, 0.15) is 26.7 Å². The summed E-state index contributed by atoms with van der Waals surface area (Å²) < 4.78 is 27.3. The monoisotopic (exact) mass is 445 g/mol. The molecule has 152 valence electrons. The number of nitrogens with zero attached hydrogens (tertiary/aromatic N) is 3. The van der Waals surface area contributed by atoms with Gasteiger partial charge in [-0.05, 0) is 18.6 Å². The highest BCUT2D eigenvalue weighted by Gasteiger charge is 2.16. The summed E-state index contributed by atoms with van der Waals surface area (Å²) in [6.07, 6.45) is 0.889. The Hall–Kier alpha value is -2.09. The first-order valence-corrected chi connectivity index (χ1v) is 11.4. The average Bonchev–Trinajstić information content (AvgIpc) is 3.08. The Morgan fingerprint density at radius 2 is 2.00 bits per heavy atom. The summed E-state index contributed by atoms with van der Waals surface area (Å²) in [5.41, 5.74) is -0.207. The van der Waals surface area contributed by atoms with Crippen LogP contribution in [0.5, 0.6) is 0 Å². The molecule has 0 aliphatic rings. The highest BCUT2D eigenvalue weighted by Crippen LogP contribution is 2.29. The maximum absolute atomic E-state index is 12.2. The van der Waals surface area contributed by atoms with Crippen LogP contribution in [0.15, 0.2) is 33.5 Å². The Labute approximate surface area is 170 Å². The molecule has 1 unspecified atom stereocenters. The zero-order chi connectivity index (χ0) is 20.7. The normalized spacial score (nSPS) is 12.5. The van der Waals surface area contributed by atoms with Gasteiger partial charge in [0.25, 0.3) is 5.69 Å². The van der Waals surface area contributed by atoms with Crippen molar-refractivity contribution in [3.05, 3.63) is 34.4 Å². The zero-order valence-electron chi connectivity index (χ0n) is 15.1. The van der Waals surface area contributed by atoms with E-state index < -0.39 is 20.9 Å². The number of rotatable bonds is 10. The van der Waals surface area contributed by atoms with Gasteiger partial charge in [-0.2, -0.15) is 0 Å². The molecule has 2 rings (SSSR count). The molecule has 0 saturated heterocycles. The van der Waals surface area contributed by atoms with Crippen LogP contribution < -0.4 is 10.0 Å². The minimum atomic E-state index is -3.86. The van der Waals surface area contributed by atoms with Gasteiger partial charge in [-0.3, -0.25) is 14.9 Å². The van der Waals surface area contributed by atoms with Gasteiger partial charge >= 0.3 is 0 Å². The number of hydrogen-bond acceptors (Lipinski definition) is 9. The standard InChI is InChI=1S/C15H19N5O5S3/c1-3-10(2)26-15-19-18-14(27-15)17-13(21)8-9-16-28(24,25)12-6-4-11(5-7-12)20(22)23/h4-7,10,16H,3,8-9H2,1-2H3,(H,17,18,21). The van der Waals surface area contributed by atoms with Crippen molar-refractivity contribution in [2.24, 2.45) is 0 Å². The summed E-state index contributed by atoms with van der Waals surface area (Å²) >= 11 is 2.83. The summed E-state index contributed by atoms with van der Waals surface area (Å²) in [5, 5.41) is 21.8. The number of nitro groups is 1. The van der Waals surface area contributed by atoms with Crippen LogP contribution in [-0.4, -0.2) is 41.2 Å². The van der Waals surface area contributed by atoms with Gasteiger partial charge in [0.15, 0.2) is 4.34 Å². The molecule has 1 heterocycles. The lowest BCUT2D eigenvalue weighted by Crippen LogP contribution is -2.27. The van der Waals surface area contributed by atoms with Crippen molar-refractivity contribution < 1.29 is 18.1 Å². The molecule has 0 saturated carbocycles. The summed E-state index contributed by atoms with van der Waals surface area (Å²) in [7, 11) is -3.86. The molecule has 0 aliphatic carbocycles. The van der Waals surface area contributed by atoms with E-state index in [1.807, 2.05) is 0 Å². The van der Waals surface area contributed by atoms with Gasteiger partial charge in [-0.15, -0.1) is 10.2 Å². The fourth-order valence-electron chi connectivity index (χ4n) is 1.87. The number of carbonyl (C=O) groups excluding carboxylic acids is 1. The van der Waals surface area contributed by atoms with Gasteiger partial charge in [0, 0.05) is 30.3 Å². The molecule has 1 amide bonds. The first-order valence-electron chi connectivity index (χ1n) is 8.25. The summed E-state index contributed by atoms with van der Waals surface area (Å²) in [5.74, 6) is -0.400. The largest absolute Gasteiger partial charge is 0.300 e. The van der Waals surface area contributed by atoms with E-state index in [1.165, 1.54) is 11.3 Å². The van der Waals surface area contributed by atoms with E-state index in [4.69, 9.17) is 0 Å². The van der Waals surface area contributed by atoms with Gasteiger partial charge in [0.2, 0.25) is 21.1 Å². The number of nitro benzene ring substituents is 1. The van der Waals surface area contributed by atoms with Gasteiger partial charge in [-0.25, -0.2) is 13.1 Å². The minimum absolute atomic E-state index is 0.0976. The second-order valence-electron chi connectivity index (χ2n) is 5.66. The third-order valence-electron chi connectivity index (χ3n) is 3.53. The number of non-ortho nitro benzene ring substituents is 1. The van der Waals surface area contributed by atoms with E-state index in [1.54, 1.807) is 11.8 Å². The molecule has 0 radical (unpaired) electrons. The lowest BCUT2D eigenvalue weighted by atomic mass is 10.3. The Morgan fingerprint density at radius 1 is 1.32 bits per heavy atom. The average molecular weight is 446 g/mol. The molecule has 0 bridgehead atoms. The highest BCUT2D eigenvalue weighted by atomic mass is 32.2. The number of hydrogen-bond donors (Lipinski definition) is 2. The molecule has 2 aromatic rings. The quantitative estimate of drug-likeness (QED) is 0.246. The Balaban J connectivity index is 1.83. The van der Waals surface area contributed by atoms with Crippen LogP contribution in [-0.2, 0) is 14.8 Å². The fourth-order valence-corrected chi connectivity index (χ4v) is 4.92. The van der Waals surface area contributed by atoms with E-state index in [9.17, 15) is 23.3 Å². The van der Waals surface area contributed by atoms with Crippen LogP contribution >= 0.6 is 23.1 Å². The van der Waals surface area contributed by atoms with Crippen molar-refractivity contribution >= 4 is 49.8 Å². The minimum Gasteiger partial charge on any atom is -0.300 e. The molecular weight excluding hydrogens is 426 g/mol. The number of sulfonamides is 1. The van der Waals surface area contributed by atoms with Crippen molar-refractivity contribution in [2.75, 3.05) is 11.9 Å². The molecule has 1 aromatic heterocycles. The molecule has 0 spiro atoms. The number of aromatic nitrogens is 2. The number of carbonyl (C=O) groups is 1. The number of anilines is 1. The van der Waals surface area contributed by atoms with E-state index in [2.05, 4.69) is 34.1 Å². The van der Waals surface area contributed by atoms with E-state index >= 15 is 0 Å². The Morgan fingerprint density at radius 3 is 2.61 bits per heavy atom. The molecule has 0 fully saturated rings. The number of thioether (sulfide) groups is 1. The molecule has 13 heteroatoms. The SMILES string of the molecule is CCC(C)Sc1nnc(NC(=O)CCNS(=O)(=O)c2ccc([N+](=O)[O-])cc2)s1. The van der Waals surface area contributed by atoms with Crippen molar-refractivity contribution in [1.82, 2.24) is 14.9 Å². The van der Waals surface area contributed by atoms with Crippen LogP contribution in [0, 0.1) is 10.1 Å². The maximum atomic E-state index is 12.2. The Bertz CT molecular complexity index is 930. The number of benzene rings is 1. The van der Waals surface area contributed by atoms with Gasteiger partial charge in [-0.1, -0.05) is 36.9 Å². The zero-order valence-corrected chi connectivity index (χ0v) is 17.6. The van der Waals surface area contributed by atoms with Crippen LogP contribution in [0.25, 0.3) is 0 Å². The van der Waals surface area contributed by atoms with Crippen LogP contribution in [0.3, 0.4) is 0 Å². The molecule has 1 atom stereocenters. The summed E-state index contributed by atoms with van der Waals surface area (Å²) in [6, 6.07) is 4.48. The maximum Gasteiger partial charge on any atom is 0.269 e. The smallest absolute Gasteiger partial charge is 0.269 e. The second-order valence-corrected chi connectivity index (χ2v) is 10.1. The summed E-state index contributed by atoms with van der Waals surface area (Å²) in [4.78, 5) is 21.8. The van der Waals surface area contributed by atoms with E-state index in [-0.39, 0.29) is 23.5 Å². The molecule has 0 aliphatic heterocycles. The Kier molecular flexibility index (Phi) is 7.86. The predicted octanol–water partition coefficient (Wildman–Crippen LogP) is 2.64. The molecule has 1 aromatic carbocycles. The highest BCUT2D eigenvalue weighted by molar-refractivity contribution is 8.01. The lowest BCUT2D eigenvalue weighted by Gasteiger charge is -2.06. The van der Waals surface area contributed by atoms with Crippen LogP contribution in [0.2, 0.25) is 0 Å². The number of nitrogens with one attached hydrogen (secondary N) is 2. The third kappa shape index (κ3) is 6.51.